The molecule has 5 nitrogen and oxygen atoms in total. The Morgan fingerprint density at radius 3 is 2.04 bits per heavy atom. The van der Waals surface area contributed by atoms with E-state index in [0.29, 0.717) is 5.57 Å². The molecule has 1 N–H and O–H groups in total. The first-order valence-electron chi connectivity index (χ1n) is 7.32. The van der Waals surface area contributed by atoms with Crippen LogP contribution in [0.3, 0.4) is 0 Å². The number of sulfonamides is 1. The second kappa shape index (κ2) is 6.88. The van der Waals surface area contributed by atoms with Crippen LogP contribution in [0.2, 0.25) is 0 Å². The topological polar surface area (TPSA) is 74.7 Å². The summed E-state index contributed by atoms with van der Waals surface area (Å²) < 4.78 is 26.7. The number of amides is 1. The highest BCUT2D eigenvalue weighted by atomic mass is 32.2. The summed E-state index contributed by atoms with van der Waals surface area (Å²) >= 11 is 0. The molecule has 24 heavy (non-hydrogen) atoms. The molecule has 0 saturated carbocycles. The summed E-state index contributed by atoms with van der Waals surface area (Å²) in [6.07, 6.45) is 1.26. The molecule has 1 amide bonds. The molecule has 0 aliphatic rings. The Bertz CT molecular complexity index is 862. The van der Waals surface area contributed by atoms with Gasteiger partial charge in [-0.2, -0.15) is 4.31 Å². The first-order chi connectivity index (χ1) is 11.2. The van der Waals surface area contributed by atoms with Crippen LogP contribution in [0.25, 0.3) is 0 Å². The van der Waals surface area contributed by atoms with E-state index in [0.717, 1.165) is 9.87 Å². The van der Waals surface area contributed by atoms with Crippen LogP contribution >= 0.6 is 0 Å². The zero-order valence-corrected chi connectivity index (χ0v) is 14.5. The van der Waals surface area contributed by atoms with E-state index in [1.807, 2.05) is 6.92 Å². The number of nitrogens with zero attached hydrogens (tertiary/aromatic N) is 1. The van der Waals surface area contributed by atoms with Crippen molar-refractivity contribution in [1.82, 2.24) is 0 Å². The van der Waals surface area contributed by atoms with Crippen LogP contribution in [0.5, 0.6) is 5.75 Å². The molecule has 0 radical (unpaired) electrons. The minimum absolute atomic E-state index is 0.0129. The van der Waals surface area contributed by atoms with Gasteiger partial charge in [-0.05, 0) is 57.2 Å². The summed E-state index contributed by atoms with van der Waals surface area (Å²) in [6, 6.07) is 11.7. The lowest BCUT2D eigenvalue weighted by Crippen LogP contribution is -2.36. The summed E-state index contributed by atoms with van der Waals surface area (Å²) in [7, 11) is -4.07. The molecule has 2 aromatic carbocycles. The average Bonchev–Trinajstić information content (AvgIpc) is 2.49. The molecular weight excluding hydrogens is 326 g/mol. The number of hydrogen-bond acceptors (Lipinski definition) is 4. The van der Waals surface area contributed by atoms with Gasteiger partial charge in [-0.25, -0.2) is 8.42 Å². The number of phenolic OH excluding ortho intramolecular Hbond substituents is 1. The van der Waals surface area contributed by atoms with E-state index in [2.05, 4.69) is 0 Å². The van der Waals surface area contributed by atoms with Crippen LogP contribution in [-0.2, 0) is 14.8 Å². The summed E-state index contributed by atoms with van der Waals surface area (Å²) in [5.74, 6) is -0.678. The quantitative estimate of drug-likeness (QED) is 0.862. The molecule has 0 heterocycles. The van der Waals surface area contributed by atoms with E-state index in [-0.39, 0.29) is 16.3 Å². The monoisotopic (exact) mass is 345 g/mol. The number of rotatable bonds is 4. The maximum absolute atomic E-state index is 13.0. The molecule has 126 valence electrons. The summed E-state index contributed by atoms with van der Waals surface area (Å²) in [5, 5.41) is 9.41. The van der Waals surface area contributed by atoms with E-state index < -0.39 is 15.9 Å². The number of aryl methyl sites for hydroxylation is 1. The Kier molecular flexibility index (Phi) is 5.09. The van der Waals surface area contributed by atoms with Crippen molar-refractivity contribution in [3.05, 3.63) is 65.7 Å². The smallest absolute Gasteiger partial charge is 0.271 e. The molecule has 2 rings (SSSR count). The minimum atomic E-state index is -4.07. The molecular formula is C18H19NO4S. The lowest BCUT2D eigenvalue weighted by molar-refractivity contribution is -0.113. The summed E-state index contributed by atoms with van der Waals surface area (Å²) in [6.45, 7) is 5.28. The molecule has 6 heteroatoms. The van der Waals surface area contributed by atoms with Gasteiger partial charge in [0, 0.05) is 6.08 Å². The van der Waals surface area contributed by atoms with Crippen molar-refractivity contribution >= 4 is 21.6 Å². The van der Waals surface area contributed by atoms with Gasteiger partial charge in [0.05, 0.1) is 10.6 Å². The number of hydrogen-bond donors (Lipinski definition) is 1. The molecule has 0 unspecified atom stereocenters. The van der Waals surface area contributed by atoms with E-state index in [1.165, 1.54) is 42.5 Å². The van der Waals surface area contributed by atoms with Crippen LogP contribution in [0, 0.1) is 6.92 Å². The van der Waals surface area contributed by atoms with Gasteiger partial charge in [-0.15, -0.1) is 0 Å². The highest BCUT2D eigenvalue weighted by molar-refractivity contribution is 7.93. The van der Waals surface area contributed by atoms with Gasteiger partial charge in [0.1, 0.15) is 5.75 Å². The zero-order valence-electron chi connectivity index (χ0n) is 13.7. The molecule has 2 aromatic rings. The Balaban J connectivity index is 2.60. The predicted octanol–water partition coefficient (Wildman–Crippen LogP) is 3.39. The molecule has 0 aliphatic carbocycles. The van der Waals surface area contributed by atoms with Gasteiger partial charge in [0.15, 0.2) is 0 Å². The van der Waals surface area contributed by atoms with E-state index in [4.69, 9.17) is 0 Å². The Morgan fingerprint density at radius 2 is 1.54 bits per heavy atom. The highest BCUT2D eigenvalue weighted by Gasteiger charge is 2.29. The Morgan fingerprint density at radius 1 is 1.00 bits per heavy atom. The maximum atomic E-state index is 13.0. The maximum Gasteiger partial charge on any atom is 0.271 e. The number of aromatic hydroxyl groups is 1. The normalized spacial score (nSPS) is 11.0. The largest absolute Gasteiger partial charge is 0.508 e. The number of benzene rings is 2. The fourth-order valence-electron chi connectivity index (χ4n) is 2.09. The Hall–Kier alpha value is -2.60. The second-order valence-corrected chi connectivity index (χ2v) is 7.45. The zero-order chi connectivity index (χ0) is 17.9. The fourth-order valence-corrected chi connectivity index (χ4v) is 3.47. The molecule has 0 aromatic heterocycles. The molecule has 0 spiro atoms. The molecule has 0 bridgehead atoms. The van der Waals surface area contributed by atoms with Crippen molar-refractivity contribution in [2.24, 2.45) is 0 Å². The molecule has 0 saturated heterocycles. The number of carbonyl (C=O) groups is 1. The van der Waals surface area contributed by atoms with Crippen molar-refractivity contribution < 1.29 is 18.3 Å². The lowest BCUT2D eigenvalue weighted by atomic mass is 10.2. The second-order valence-electron chi connectivity index (χ2n) is 5.66. The highest BCUT2D eigenvalue weighted by Crippen LogP contribution is 2.26. The standard InChI is InChI=1S/C18H19NO4S/c1-13(2)12-18(21)19(15-6-8-16(20)9-7-15)24(22,23)17-10-4-14(3)5-11-17/h4-12,20H,1-3H3. The van der Waals surface area contributed by atoms with Gasteiger partial charge in [-0.3, -0.25) is 4.79 Å². The van der Waals surface area contributed by atoms with Crippen LogP contribution in [0.15, 0.2) is 65.1 Å². The first kappa shape index (κ1) is 17.7. The first-order valence-corrected chi connectivity index (χ1v) is 8.76. The predicted molar refractivity (Wildman–Crippen MR) is 93.4 cm³/mol. The van der Waals surface area contributed by atoms with E-state index in [9.17, 15) is 18.3 Å². The van der Waals surface area contributed by atoms with Gasteiger partial charge < -0.3 is 5.11 Å². The fraction of sp³-hybridized carbons (Fsp3) is 0.167. The van der Waals surface area contributed by atoms with Gasteiger partial charge in [-0.1, -0.05) is 23.3 Å². The average molecular weight is 345 g/mol. The summed E-state index contributed by atoms with van der Waals surface area (Å²) in [4.78, 5) is 12.6. The van der Waals surface area contributed by atoms with Gasteiger partial charge in [0.2, 0.25) is 0 Å². The lowest BCUT2D eigenvalue weighted by Gasteiger charge is -2.21. The van der Waals surface area contributed by atoms with E-state index >= 15 is 0 Å². The van der Waals surface area contributed by atoms with E-state index in [1.54, 1.807) is 26.0 Å². The third-order valence-electron chi connectivity index (χ3n) is 3.26. The number of allylic oxidation sites excluding steroid dienone is 1. The van der Waals surface area contributed by atoms with Crippen molar-refractivity contribution in [2.45, 2.75) is 25.7 Å². The van der Waals surface area contributed by atoms with Gasteiger partial charge in [0.25, 0.3) is 15.9 Å². The van der Waals surface area contributed by atoms with Crippen LogP contribution in [0.1, 0.15) is 19.4 Å². The number of carbonyl (C=O) groups excluding carboxylic acids is 1. The van der Waals surface area contributed by atoms with Crippen LogP contribution in [-0.4, -0.2) is 19.4 Å². The van der Waals surface area contributed by atoms with Crippen molar-refractivity contribution in [3.8, 4) is 5.75 Å². The SMILES string of the molecule is CC(C)=CC(=O)N(c1ccc(O)cc1)S(=O)(=O)c1ccc(C)cc1. The summed E-state index contributed by atoms with van der Waals surface area (Å²) in [5.41, 5.74) is 1.76. The van der Waals surface area contributed by atoms with Gasteiger partial charge >= 0.3 is 0 Å². The minimum Gasteiger partial charge on any atom is -0.508 e. The van der Waals surface area contributed by atoms with Crippen molar-refractivity contribution in [3.63, 3.8) is 0 Å². The van der Waals surface area contributed by atoms with Crippen LogP contribution in [0.4, 0.5) is 5.69 Å². The Labute approximate surface area is 141 Å². The molecule has 0 atom stereocenters. The molecule has 0 aliphatic heterocycles. The van der Waals surface area contributed by atoms with Crippen molar-refractivity contribution in [2.75, 3.05) is 4.31 Å². The molecule has 0 fully saturated rings. The number of phenols is 1. The third kappa shape index (κ3) is 3.83. The number of anilines is 1. The van der Waals surface area contributed by atoms with Crippen molar-refractivity contribution in [1.29, 1.82) is 0 Å². The van der Waals surface area contributed by atoms with Crippen LogP contribution < -0.4 is 4.31 Å². The third-order valence-corrected chi connectivity index (χ3v) is 5.00.